The molecule has 0 atom stereocenters. The predicted molar refractivity (Wildman–Crippen MR) is 106 cm³/mol. The highest BCUT2D eigenvalue weighted by molar-refractivity contribution is 6.50. The van der Waals surface area contributed by atoms with Gasteiger partial charge in [-0.15, -0.1) is 0 Å². The molecule has 0 N–H and O–H groups in total. The normalized spacial score (nSPS) is 11.2. The zero-order valence-electron chi connectivity index (χ0n) is 15.9. The van der Waals surface area contributed by atoms with Gasteiger partial charge in [0, 0.05) is 5.56 Å². The Hall–Kier alpha value is -3.19. The molecule has 0 unspecified atom stereocenters. The van der Waals surface area contributed by atoms with Crippen molar-refractivity contribution in [2.24, 2.45) is 0 Å². The second-order valence-electron chi connectivity index (χ2n) is 5.60. The molecule has 3 rings (SSSR count). The molecule has 0 fully saturated rings. The van der Waals surface area contributed by atoms with Crippen molar-refractivity contribution in [3.63, 3.8) is 0 Å². The number of halogens is 1. The number of hydrogen-bond donors (Lipinski definition) is 0. The summed E-state index contributed by atoms with van der Waals surface area (Å²) in [6, 6.07) is 10.8. The van der Waals surface area contributed by atoms with E-state index >= 15 is 0 Å². The summed E-state index contributed by atoms with van der Waals surface area (Å²) in [4.78, 5) is 4.35. The van der Waals surface area contributed by atoms with Gasteiger partial charge in [0.25, 0.3) is 5.89 Å². The monoisotopic (exact) mass is 402 g/mol. The van der Waals surface area contributed by atoms with Crippen molar-refractivity contribution < 1.29 is 23.5 Å². The molecule has 1 heterocycles. The summed E-state index contributed by atoms with van der Waals surface area (Å²) < 4.78 is 26.4. The van der Waals surface area contributed by atoms with Crippen LogP contribution in [0.4, 0.5) is 0 Å². The first-order chi connectivity index (χ1) is 13.6. The van der Waals surface area contributed by atoms with Crippen LogP contribution in [-0.4, -0.2) is 38.6 Å². The minimum atomic E-state index is 0.196. The third kappa shape index (κ3) is 4.04. The number of nitrogens with zero attached hydrogens (tertiary/aromatic N) is 2. The van der Waals surface area contributed by atoms with E-state index in [9.17, 15) is 0 Å². The van der Waals surface area contributed by atoms with Crippen molar-refractivity contribution in [1.29, 1.82) is 0 Å². The molecule has 146 valence electrons. The lowest BCUT2D eigenvalue weighted by molar-refractivity contribution is 0.355. The van der Waals surface area contributed by atoms with Crippen LogP contribution < -0.4 is 18.9 Å². The molecular formula is C20H19ClN2O5. The van der Waals surface area contributed by atoms with Gasteiger partial charge in [-0.3, -0.25) is 0 Å². The second kappa shape index (κ2) is 8.67. The summed E-state index contributed by atoms with van der Waals surface area (Å²) in [6.07, 6.45) is 1.70. The highest BCUT2D eigenvalue weighted by Crippen LogP contribution is 2.33. The second-order valence-corrected chi connectivity index (χ2v) is 6.01. The maximum absolute atomic E-state index is 6.37. The lowest BCUT2D eigenvalue weighted by Gasteiger charge is -2.07. The maximum atomic E-state index is 6.37. The molecule has 0 aliphatic heterocycles. The van der Waals surface area contributed by atoms with Crippen LogP contribution in [0.3, 0.4) is 0 Å². The Bertz CT molecular complexity index is 1000. The fourth-order valence-electron chi connectivity index (χ4n) is 2.56. The minimum Gasteiger partial charge on any atom is -0.493 e. The number of hydrogen-bond acceptors (Lipinski definition) is 7. The Morgan fingerprint density at radius 3 is 2.11 bits per heavy atom. The zero-order valence-corrected chi connectivity index (χ0v) is 16.6. The van der Waals surface area contributed by atoms with Crippen molar-refractivity contribution in [2.45, 2.75) is 0 Å². The molecule has 0 aliphatic carbocycles. The maximum Gasteiger partial charge on any atom is 0.269 e. The van der Waals surface area contributed by atoms with Crippen LogP contribution in [0.5, 0.6) is 23.0 Å². The van der Waals surface area contributed by atoms with Crippen molar-refractivity contribution in [3.8, 4) is 34.4 Å². The van der Waals surface area contributed by atoms with Gasteiger partial charge >= 0.3 is 0 Å². The van der Waals surface area contributed by atoms with E-state index in [1.54, 1.807) is 58.8 Å². The van der Waals surface area contributed by atoms with Gasteiger partial charge < -0.3 is 23.5 Å². The molecule has 0 radical (unpaired) electrons. The molecule has 0 saturated carbocycles. The fraction of sp³-hybridized carbons (Fsp3) is 0.200. The van der Waals surface area contributed by atoms with E-state index in [0.717, 1.165) is 5.56 Å². The Morgan fingerprint density at radius 2 is 1.46 bits per heavy atom. The lowest BCUT2D eigenvalue weighted by Crippen LogP contribution is -1.91. The summed E-state index contributed by atoms with van der Waals surface area (Å²) in [7, 11) is 6.28. The average Bonchev–Trinajstić information content (AvgIpc) is 3.23. The highest BCUT2D eigenvalue weighted by atomic mass is 35.5. The van der Waals surface area contributed by atoms with E-state index in [1.165, 1.54) is 0 Å². The van der Waals surface area contributed by atoms with E-state index in [-0.39, 0.29) is 5.89 Å². The molecule has 2 aromatic carbocycles. The van der Waals surface area contributed by atoms with Gasteiger partial charge in [0.15, 0.2) is 23.0 Å². The van der Waals surface area contributed by atoms with Gasteiger partial charge in [-0.25, -0.2) is 0 Å². The van der Waals surface area contributed by atoms with Crippen LogP contribution in [0.2, 0.25) is 0 Å². The molecule has 0 saturated heterocycles. The van der Waals surface area contributed by atoms with Crippen molar-refractivity contribution in [2.75, 3.05) is 28.4 Å². The van der Waals surface area contributed by atoms with Crippen LogP contribution in [0, 0.1) is 0 Å². The summed E-state index contributed by atoms with van der Waals surface area (Å²) >= 11 is 6.37. The first-order valence-electron chi connectivity index (χ1n) is 8.25. The van der Waals surface area contributed by atoms with Gasteiger partial charge in [0.2, 0.25) is 5.82 Å². The third-order valence-electron chi connectivity index (χ3n) is 3.97. The molecule has 0 spiro atoms. The average molecular weight is 403 g/mol. The molecule has 7 nitrogen and oxygen atoms in total. The predicted octanol–water partition coefficient (Wildman–Crippen LogP) is 4.51. The van der Waals surface area contributed by atoms with E-state index in [1.807, 2.05) is 12.1 Å². The molecule has 0 bridgehead atoms. The number of ether oxygens (including phenoxy) is 4. The van der Waals surface area contributed by atoms with E-state index in [2.05, 4.69) is 10.1 Å². The standard InChI is InChI=1S/C20H19ClN2O5/c1-24-15-7-5-12(10-17(15)26-3)9-14(21)20-22-19(23-28-20)13-6-8-16(25-2)18(11-13)27-4/h5-11H,1-4H3/b14-9-. The topological polar surface area (TPSA) is 75.8 Å². The Kier molecular flexibility index (Phi) is 6.06. The first-order valence-corrected chi connectivity index (χ1v) is 8.63. The first kappa shape index (κ1) is 19.6. The van der Waals surface area contributed by atoms with Gasteiger partial charge in [-0.2, -0.15) is 4.98 Å². The van der Waals surface area contributed by atoms with Crippen molar-refractivity contribution >= 4 is 22.7 Å². The number of benzene rings is 2. The van der Waals surface area contributed by atoms with Crippen LogP contribution in [0.1, 0.15) is 11.5 Å². The highest BCUT2D eigenvalue weighted by Gasteiger charge is 2.14. The van der Waals surface area contributed by atoms with Gasteiger partial charge in [0.1, 0.15) is 5.03 Å². The van der Waals surface area contributed by atoms with Crippen LogP contribution in [-0.2, 0) is 0 Å². The van der Waals surface area contributed by atoms with Gasteiger partial charge in [-0.05, 0) is 42.0 Å². The largest absolute Gasteiger partial charge is 0.493 e. The molecule has 28 heavy (non-hydrogen) atoms. The van der Waals surface area contributed by atoms with E-state index < -0.39 is 0 Å². The summed E-state index contributed by atoms with van der Waals surface area (Å²) in [6.45, 7) is 0. The Morgan fingerprint density at radius 1 is 0.857 bits per heavy atom. The molecule has 8 heteroatoms. The van der Waals surface area contributed by atoms with Gasteiger partial charge in [0.05, 0.1) is 28.4 Å². The fourth-order valence-corrected chi connectivity index (χ4v) is 2.77. The zero-order chi connectivity index (χ0) is 20.1. The minimum absolute atomic E-state index is 0.196. The molecular weight excluding hydrogens is 384 g/mol. The lowest BCUT2D eigenvalue weighted by atomic mass is 10.2. The number of methoxy groups -OCH3 is 4. The van der Waals surface area contributed by atoms with E-state index in [4.69, 9.17) is 35.1 Å². The van der Waals surface area contributed by atoms with Gasteiger partial charge in [-0.1, -0.05) is 22.8 Å². The number of rotatable bonds is 7. The van der Waals surface area contributed by atoms with Crippen molar-refractivity contribution in [3.05, 3.63) is 47.9 Å². The third-order valence-corrected chi connectivity index (χ3v) is 4.24. The van der Waals surface area contributed by atoms with E-state index in [0.29, 0.717) is 39.4 Å². The summed E-state index contributed by atoms with van der Waals surface area (Å²) in [5.41, 5.74) is 1.51. The van der Waals surface area contributed by atoms with Crippen LogP contribution in [0.15, 0.2) is 40.9 Å². The molecule has 0 amide bonds. The Balaban J connectivity index is 1.88. The molecule has 3 aromatic rings. The van der Waals surface area contributed by atoms with Crippen molar-refractivity contribution in [1.82, 2.24) is 10.1 Å². The summed E-state index contributed by atoms with van der Waals surface area (Å²) in [5, 5.41) is 4.29. The molecule has 1 aromatic heterocycles. The van der Waals surface area contributed by atoms with Crippen LogP contribution in [0.25, 0.3) is 22.5 Å². The number of aromatic nitrogens is 2. The summed E-state index contributed by atoms with van der Waals surface area (Å²) in [5.74, 6) is 2.98. The molecule has 0 aliphatic rings. The Labute approximate surface area is 167 Å². The van der Waals surface area contributed by atoms with Crippen LogP contribution >= 0.6 is 11.6 Å². The SMILES string of the molecule is COc1ccc(/C=C(\Cl)c2nc(-c3ccc(OC)c(OC)c3)no2)cc1OC. The quantitative estimate of drug-likeness (QED) is 0.575. The smallest absolute Gasteiger partial charge is 0.269 e.